The zero-order chi connectivity index (χ0) is 18.5. The largest absolute Gasteiger partial charge is 0.512 e. The smallest absolute Gasteiger partial charge is 0.365 e. The van der Waals surface area contributed by atoms with Crippen molar-refractivity contribution in [2.24, 2.45) is 0 Å². The van der Waals surface area contributed by atoms with E-state index in [-0.39, 0.29) is 0 Å². The lowest BCUT2D eigenvalue weighted by atomic mass is 10.3. The standard InChI is InChI=1S/C7H9N.C2HF6NO4S2/c1-2-4-7-5-3-6-8-7;3-1(4,5)14(10,11)9-15(12,13)2(6,7)8/h2-3,5-6,8H,1,4H2;9H. The van der Waals surface area contributed by atoms with Crippen molar-refractivity contribution in [1.29, 1.82) is 0 Å². The predicted molar refractivity (Wildman–Crippen MR) is 67.8 cm³/mol. The Morgan fingerprint density at radius 2 is 1.48 bits per heavy atom. The number of aromatic nitrogens is 1. The number of aromatic amines is 1. The molecule has 0 saturated heterocycles. The number of H-pyrrole nitrogens is 1. The van der Waals surface area contributed by atoms with E-state index in [9.17, 15) is 43.2 Å². The van der Waals surface area contributed by atoms with E-state index in [1.165, 1.54) is 5.69 Å². The minimum atomic E-state index is -6.60. The van der Waals surface area contributed by atoms with Crippen LogP contribution in [0.15, 0.2) is 31.0 Å². The molecular formula is C9H10F6N2O4S2. The molecule has 0 aliphatic heterocycles. The van der Waals surface area contributed by atoms with Gasteiger partial charge in [-0.2, -0.15) is 26.3 Å². The van der Waals surface area contributed by atoms with Crippen LogP contribution in [0.5, 0.6) is 0 Å². The molecule has 0 amide bonds. The highest BCUT2D eigenvalue weighted by Gasteiger charge is 2.55. The van der Waals surface area contributed by atoms with Crippen molar-refractivity contribution in [1.82, 2.24) is 9.11 Å². The van der Waals surface area contributed by atoms with Gasteiger partial charge in [0.2, 0.25) is 0 Å². The van der Waals surface area contributed by atoms with Crippen molar-refractivity contribution in [3.63, 3.8) is 0 Å². The second-order valence-electron chi connectivity index (χ2n) is 3.67. The molecule has 0 unspecified atom stereocenters. The molecule has 0 spiro atoms. The molecule has 1 heterocycles. The fraction of sp³-hybridized carbons (Fsp3) is 0.333. The summed E-state index contributed by atoms with van der Waals surface area (Å²) in [5.41, 5.74) is -11.1. The fourth-order valence-electron chi connectivity index (χ4n) is 0.889. The molecule has 0 fully saturated rings. The minimum Gasteiger partial charge on any atom is -0.365 e. The van der Waals surface area contributed by atoms with Gasteiger partial charge in [-0.25, -0.2) is 16.8 Å². The first-order valence-corrected chi connectivity index (χ1v) is 8.25. The van der Waals surface area contributed by atoms with Crippen LogP contribution in [-0.4, -0.2) is 32.8 Å². The summed E-state index contributed by atoms with van der Waals surface area (Å²) >= 11 is 0. The Balaban J connectivity index is 0.000000502. The number of sulfonamides is 2. The zero-order valence-electron chi connectivity index (χ0n) is 10.9. The first-order chi connectivity index (χ1) is 10.1. The molecule has 14 heteroatoms. The van der Waals surface area contributed by atoms with E-state index in [4.69, 9.17) is 0 Å². The molecule has 0 saturated carbocycles. The maximum Gasteiger partial charge on any atom is 0.512 e. The SMILES string of the molecule is C=CCc1ccc[nH]1.O=S(=O)(NS(=O)(=O)C(F)(F)F)C(F)(F)F. The fourth-order valence-corrected chi connectivity index (χ4v) is 2.80. The van der Waals surface area contributed by atoms with Gasteiger partial charge in [-0.15, -0.1) is 6.58 Å². The topological polar surface area (TPSA) is 96.1 Å². The molecule has 0 aliphatic carbocycles. The van der Waals surface area contributed by atoms with Crippen LogP contribution in [0, 0.1) is 0 Å². The highest BCUT2D eigenvalue weighted by molar-refractivity contribution is 8.05. The second kappa shape index (κ2) is 7.35. The van der Waals surface area contributed by atoms with Gasteiger partial charge in [0.25, 0.3) is 0 Å². The van der Waals surface area contributed by atoms with Gasteiger partial charge in [-0.3, -0.25) is 0 Å². The van der Waals surface area contributed by atoms with Gasteiger partial charge < -0.3 is 4.98 Å². The lowest BCUT2D eigenvalue weighted by Gasteiger charge is -2.11. The van der Waals surface area contributed by atoms with Crippen molar-refractivity contribution in [3.05, 3.63) is 36.7 Å². The molecule has 23 heavy (non-hydrogen) atoms. The number of rotatable bonds is 4. The van der Waals surface area contributed by atoms with Crippen LogP contribution in [0.3, 0.4) is 0 Å². The Bertz CT molecular complexity index is 662. The van der Waals surface area contributed by atoms with E-state index in [2.05, 4.69) is 11.6 Å². The van der Waals surface area contributed by atoms with Crippen molar-refractivity contribution in [2.45, 2.75) is 17.4 Å². The number of hydrogen-bond acceptors (Lipinski definition) is 4. The van der Waals surface area contributed by atoms with Gasteiger partial charge in [-0.05, 0) is 12.1 Å². The van der Waals surface area contributed by atoms with E-state index in [0.29, 0.717) is 0 Å². The Morgan fingerprint density at radius 1 is 1.04 bits per heavy atom. The summed E-state index contributed by atoms with van der Waals surface area (Å²) in [7, 11) is -13.2. The Labute approximate surface area is 127 Å². The number of hydrogen-bond donors (Lipinski definition) is 2. The van der Waals surface area contributed by atoms with Crippen molar-refractivity contribution < 1.29 is 43.2 Å². The van der Waals surface area contributed by atoms with Gasteiger partial charge in [-0.1, -0.05) is 10.2 Å². The molecule has 134 valence electrons. The molecule has 2 N–H and O–H groups in total. The summed E-state index contributed by atoms with van der Waals surface area (Å²) in [5, 5.41) is 0. The summed E-state index contributed by atoms with van der Waals surface area (Å²) in [5.74, 6) is 0. The summed E-state index contributed by atoms with van der Waals surface area (Å²) < 4.78 is 108. The molecule has 1 aromatic heterocycles. The summed E-state index contributed by atoms with van der Waals surface area (Å²) in [4.78, 5) is 3.07. The van der Waals surface area contributed by atoms with Crippen LogP contribution in [0.25, 0.3) is 0 Å². The molecule has 6 nitrogen and oxygen atoms in total. The first kappa shape index (κ1) is 21.5. The van der Waals surface area contributed by atoms with E-state index in [1.807, 2.05) is 24.4 Å². The first-order valence-electron chi connectivity index (χ1n) is 5.28. The van der Waals surface area contributed by atoms with Crippen LogP contribution in [0.1, 0.15) is 5.69 Å². The normalized spacial score (nSPS) is 13.1. The van der Waals surface area contributed by atoms with Gasteiger partial charge in [0, 0.05) is 18.3 Å². The molecule has 0 bridgehead atoms. The molecule has 0 aromatic carbocycles. The maximum atomic E-state index is 11.5. The highest BCUT2D eigenvalue weighted by Crippen LogP contribution is 2.27. The molecule has 0 radical (unpaired) electrons. The zero-order valence-corrected chi connectivity index (χ0v) is 12.6. The monoisotopic (exact) mass is 388 g/mol. The van der Waals surface area contributed by atoms with Crippen molar-refractivity contribution >= 4 is 20.0 Å². The summed E-state index contributed by atoms with van der Waals surface area (Å²) in [6.07, 6.45) is 4.73. The maximum absolute atomic E-state index is 11.5. The van der Waals surface area contributed by atoms with Crippen LogP contribution >= 0.6 is 0 Å². The average molecular weight is 388 g/mol. The van der Waals surface area contributed by atoms with Gasteiger partial charge >= 0.3 is 31.1 Å². The number of alkyl halides is 6. The van der Waals surface area contributed by atoms with E-state index >= 15 is 0 Å². The van der Waals surface area contributed by atoms with Crippen LogP contribution in [0.4, 0.5) is 26.3 Å². The number of allylic oxidation sites excluding steroid dienone is 1. The van der Waals surface area contributed by atoms with E-state index in [1.54, 1.807) is 0 Å². The third kappa shape index (κ3) is 6.62. The third-order valence-electron chi connectivity index (χ3n) is 1.86. The van der Waals surface area contributed by atoms with E-state index in [0.717, 1.165) is 6.42 Å². The molecular weight excluding hydrogens is 378 g/mol. The molecule has 0 aliphatic rings. The Kier molecular flexibility index (Phi) is 6.86. The van der Waals surface area contributed by atoms with Crippen molar-refractivity contribution in [2.75, 3.05) is 0 Å². The quantitative estimate of drug-likeness (QED) is 0.609. The Morgan fingerprint density at radius 3 is 1.74 bits per heavy atom. The number of halogens is 6. The molecule has 0 atom stereocenters. The lowest BCUT2D eigenvalue weighted by molar-refractivity contribution is -0.0476. The number of nitrogens with one attached hydrogen (secondary N) is 2. The van der Waals surface area contributed by atoms with Gasteiger partial charge in [0.1, 0.15) is 0 Å². The molecule has 1 aromatic rings. The Hall–Kier alpha value is -1.54. The minimum absolute atomic E-state index is 0.493. The summed E-state index contributed by atoms with van der Waals surface area (Å²) in [6.45, 7) is 3.62. The van der Waals surface area contributed by atoms with Crippen LogP contribution < -0.4 is 4.13 Å². The highest BCUT2D eigenvalue weighted by atomic mass is 32.3. The third-order valence-corrected chi connectivity index (χ3v) is 4.83. The molecule has 1 rings (SSSR count). The van der Waals surface area contributed by atoms with E-state index < -0.39 is 35.2 Å². The average Bonchev–Trinajstić information content (AvgIpc) is 2.78. The van der Waals surface area contributed by atoms with Crippen molar-refractivity contribution in [3.8, 4) is 0 Å². The van der Waals surface area contributed by atoms with Crippen LogP contribution in [-0.2, 0) is 26.5 Å². The van der Waals surface area contributed by atoms with Gasteiger partial charge in [0.15, 0.2) is 0 Å². The lowest BCUT2D eigenvalue weighted by Crippen LogP contribution is -2.45. The summed E-state index contributed by atoms with van der Waals surface area (Å²) in [6, 6.07) is 4.03. The van der Waals surface area contributed by atoms with Gasteiger partial charge in [0.05, 0.1) is 0 Å². The van der Waals surface area contributed by atoms with Crippen LogP contribution in [0.2, 0.25) is 0 Å². The predicted octanol–water partition coefficient (Wildman–Crippen LogP) is 2.02. The second-order valence-corrected chi connectivity index (χ2v) is 7.28.